The van der Waals surface area contributed by atoms with Gasteiger partial charge in [0.05, 0.1) is 7.11 Å². The largest absolute Gasteiger partial charge is 0.495 e. The number of sulfonamides is 1. The first-order chi connectivity index (χ1) is 10.3. The molecule has 0 unspecified atom stereocenters. The number of carbonyl (C=O) groups is 1. The monoisotopic (exact) mass is 384 g/mol. The number of benzene rings is 2. The predicted octanol–water partition coefficient (Wildman–Crippen LogP) is 2.36. The van der Waals surface area contributed by atoms with E-state index in [0.29, 0.717) is 5.69 Å². The van der Waals surface area contributed by atoms with Crippen LogP contribution in [-0.2, 0) is 10.0 Å². The van der Waals surface area contributed by atoms with Gasteiger partial charge in [-0.05, 0) is 42.5 Å². The number of halogens is 1. The summed E-state index contributed by atoms with van der Waals surface area (Å²) in [6, 6.07) is 10.6. The molecule has 1 amide bonds. The Balaban J connectivity index is 2.45. The van der Waals surface area contributed by atoms with Crippen LogP contribution in [0.3, 0.4) is 0 Å². The van der Waals surface area contributed by atoms with E-state index >= 15 is 0 Å². The van der Waals surface area contributed by atoms with E-state index in [1.54, 1.807) is 24.3 Å². The summed E-state index contributed by atoms with van der Waals surface area (Å²) in [6.45, 7) is 0. The summed E-state index contributed by atoms with van der Waals surface area (Å²) in [5, 5.41) is 0. The topological polar surface area (TPSA) is 98.5 Å². The molecule has 0 bridgehead atoms. The van der Waals surface area contributed by atoms with Crippen molar-refractivity contribution in [1.29, 1.82) is 0 Å². The van der Waals surface area contributed by atoms with Gasteiger partial charge >= 0.3 is 0 Å². The highest BCUT2D eigenvalue weighted by molar-refractivity contribution is 9.10. The molecule has 3 N–H and O–H groups in total. The van der Waals surface area contributed by atoms with Crippen LogP contribution in [0.25, 0.3) is 0 Å². The van der Waals surface area contributed by atoms with Crippen LogP contribution in [0.5, 0.6) is 5.75 Å². The second kappa shape index (κ2) is 6.37. The number of hydrogen-bond acceptors (Lipinski definition) is 4. The number of amides is 1. The van der Waals surface area contributed by atoms with Gasteiger partial charge in [0.15, 0.2) is 0 Å². The number of rotatable bonds is 5. The van der Waals surface area contributed by atoms with Crippen molar-refractivity contribution in [1.82, 2.24) is 0 Å². The van der Waals surface area contributed by atoms with Gasteiger partial charge in [0.2, 0.25) is 5.91 Å². The highest BCUT2D eigenvalue weighted by Crippen LogP contribution is 2.27. The van der Waals surface area contributed by atoms with Gasteiger partial charge in [-0.2, -0.15) is 0 Å². The van der Waals surface area contributed by atoms with E-state index in [1.807, 2.05) is 0 Å². The number of primary amides is 1. The maximum absolute atomic E-state index is 12.5. The first-order valence-corrected chi connectivity index (χ1v) is 8.37. The normalized spacial score (nSPS) is 11.0. The molecule has 0 aliphatic carbocycles. The predicted molar refractivity (Wildman–Crippen MR) is 86.5 cm³/mol. The van der Waals surface area contributed by atoms with Crippen molar-refractivity contribution in [2.75, 3.05) is 11.8 Å². The van der Waals surface area contributed by atoms with Crippen LogP contribution in [0, 0.1) is 0 Å². The lowest BCUT2D eigenvalue weighted by atomic mass is 10.2. The molecule has 0 heterocycles. The molecule has 0 aliphatic heterocycles. The molecular formula is C14H13BrN2O4S. The smallest absolute Gasteiger partial charge is 0.265 e. The fourth-order valence-corrected chi connectivity index (χ4v) is 3.29. The Kier molecular flexibility index (Phi) is 4.72. The highest BCUT2D eigenvalue weighted by Gasteiger charge is 2.21. The van der Waals surface area contributed by atoms with Crippen molar-refractivity contribution in [3.63, 3.8) is 0 Å². The second-order valence-corrected chi connectivity index (χ2v) is 6.91. The Hall–Kier alpha value is -2.06. The lowest BCUT2D eigenvalue weighted by Gasteiger charge is -2.12. The van der Waals surface area contributed by atoms with Crippen LogP contribution >= 0.6 is 15.9 Å². The molecule has 0 aromatic heterocycles. The Morgan fingerprint density at radius 3 is 2.36 bits per heavy atom. The highest BCUT2D eigenvalue weighted by atomic mass is 79.9. The van der Waals surface area contributed by atoms with E-state index < -0.39 is 15.9 Å². The standard InChI is InChI=1S/C14H13BrN2O4S/c1-21-12-7-2-9(14(16)18)8-13(12)22(19,20)17-11-5-3-10(15)4-6-11/h2-8,17H,1H3,(H2,16,18). The maximum Gasteiger partial charge on any atom is 0.265 e. The van der Waals surface area contributed by atoms with Crippen molar-refractivity contribution < 1.29 is 17.9 Å². The Morgan fingerprint density at radius 2 is 1.82 bits per heavy atom. The molecule has 2 aromatic carbocycles. The van der Waals surface area contributed by atoms with E-state index in [0.717, 1.165) is 4.47 Å². The van der Waals surface area contributed by atoms with E-state index in [4.69, 9.17) is 10.5 Å². The van der Waals surface area contributed by atoms with Crippen LogP contribution in [0.4, 0.5) is 5.69 Å². The third kappa shape index (κ3) is 3.58. The summed E-state index contributed by atoms with van der Waals surface area (Å²) in [4.78, 5) is 11.1. The molecule has 0 fully saturated rings. The number of carbonyl (C=O) groups excluding carboxylic acids is 1. The molecule has 8 heteroatoms. The van der Waals surface area contributed by atoms with Gasteiger partial charge in [-0.25, -0.2) is 8.42 Å². The first-order valence-electron chi connectivity index (χ1n) is 6.10. The summed E-state index contributed by atoms with van der Waals surface area (Å²) < 4.78 is 33.3. The summed E-state index contributed by atoms with van der Waals surface area (Å²) in [7, 11) is -2.58. The molecule has 116 valence electrons. The average Bonchev–Trinajstić information content (AvgIpc) is 2.48. The van der Waals surface area contributed by atoms with Gasteiger partial charge in [-0.3, -0.25) is 9.52 Å². The zero-order valence-electron chi connectivity index (χ0n) is 11.5. The van der Waals surface area contributed by atoms with E-state index in [2.05, 4.69) is 20.7 Å². The van der Waals surface area contributed by atoms with Gasteiger partial charge in [0.25, 0.3) is 10.0 Å². The molecule has 0 spiro atoms. The Labute approximate surface area is 136 Å². The molecule has 0 radical (unpaired) electrons. The van der Waals surface area contributed by atoms with Gasteiger partial charge in [-0.1, -0.05) is 15.9 Å². The van der Waals surface area contributed by atoms with Crippen molar-refractivity contribution in [3.05, 3.63) is 52.5 Å². The molecule has 6 nitrogen and oxygen atoms in total. The molecule has 0 atom stereocenters. The fourth-order valence-electron chi connectivity index (χ4n) is 1.77. The minimum atomic E-state index is -3.92. The van der Waals surface area contributed by atoms with Crippen LogP contribution in [-0.4, -0.2) is 21.4 Å². The second-order valence-electron chi connectivity index (χ2n) is 4.34. The molecule has 2 aromatic rings. The lowest BCUT2D eigenvalue weighted by molar-refractivity contribution is 0.1000. The molecule has 0 saturated heterocycles. The molecular weight excluding hydrogens is 372 g/mol. The van der Waals surface area contributed by atoms with Crippen molar-refractivity contribution >= 4 is 37.5 Å². The molecule has 0 saturated carbocycles. The van der Waals surface area contributed by atoms with Gasteiger partial charge < -0.3 is 10.5 Å². The van der Waals surface area contributed by atoms with Crippen LogP contribution in [0.15, 0.2) is 51.8 Å². The minimum Gasteiger partial charge on any atom is -0.495 e. The summed E-state index contributed by atoms with van der Waals surface area (Å²) in [6.07, 6.45) is 0. The zero-order valence-corrected chi connectivity index (χ0v) is 13.9. The van der Waals surface area contributed by atoms with E-state index in [-0.39, 0.29) is 16.2 Å². The van der Waals surface area contributed by atoms with Crippen LogP contribution < -0.4 is 15.2 Å². The SMILES string of the molecule is COc1ccc(C(N)=O)cc1S(=O)(=O)Nc1ccc(Br)cc1. The first kappa shape index (κ1) is 16.3. The van der Waals surface area contributed by atoms with E-state index in [1.165, 1.54) is 25.3 Å². The molecule has 22 heavy (non-hydrogen) atoms. The average molecular weight is 385 g/mol. The van der Waals surface area contributed by atoms with Crippen LogP contribution in [0.2, 0.25) is 0 Å². The molecule has 0 aliphatic rings. The van der Waals surface area contributed by atoms with E-state index in [9.17, 15) is 13.2 Å². The number of nitrogens with two attached hydrogens (primary N) is 1. The summed E-state index contributed by atoms with van der Waals surface area (Å²) in [5.41, 5.74) is 5.65. The van der Waals surface area contributed by atoms with Crippen molar-refractivity contribution in [3.8, 4) is 5.75 Å². The summed E-state index contributed by atoms with van der Waals surface area (Å²) >= 11 is 3.27. The maximum atomic E-state index is 12.5. The zero-order chi connectivity index (χ0) is 16.3. The fraction of sp³-hybridized carbons (Fsp3) is 0.0714. The lowest BCUT2D eigenvalue weighted by Crippen LogP contribution is -2.16. The number of methoxy groups -OCH3 is 1. The minimum absolute atomic E-state index is 0.0805. The quantitative estimate of drug-likeness (QED) is 0.826. The summed E-state index contributed by atoms with van der Waals surface area (Å²) in [5.74, 6) is -0.600. The number of ether oxygens (including phenoxy) is 1. The number of hydrogen-bond donors (Lipinski definition) is 2. The van der Waals surface area contributed by atoms with Gasteiger partial charge in [0, 0.05) is 15.7 Å². The van der Waals surface area contributed by atoms with Crippen molar-refractivity contribution in [2.45, 2.75) is 4.90 Å². The Bertz CT molecular complexity index is 804. The number of anilines is 1. The van der Waals surface area contributed by atoms with Gasteiger partial charge in [-0.15, -0.1) is 0 Å². The number of nitrogens with one attached hydrogen (secondary N) is 1. The third-order valence-electron chi connectivity index (χ3n) is 2.83. The Morgan fingerprint density at radius 1 is 1.18 bits per heavy atom. The van der Waals surface area contributed by atoms with Gasteiger partial charge in [0.1, 0.15) is 10.6 Å². The third-order valence-corrected chi connectivity index (χ3v) is 4.77. The van der Waals surface area contributed by atoms with Crippen molar-refractivity contribution in [2.24, 2.45) is 5.73 Å². The van der Waals surface area contributed by atoms with Crippen LogP contribution in [0.1, 0.15) is 10.4 Å². The molecule has 2 rings (SSSR count).